The molecule has 0 amide bonds. The van der Waals surface area contributed by atoms with Gasteiger partial charge in [0, 0.05) is 0 Å². The summed E-state index contributed by atoms with van der Waals surface area (Å²) >= 11 is 0. The molecule has 0 aliphatic carbocycles. The van der Waals surface area contributed by atoms with Gasteiger partial charge in [-0.15, -0.1) is 10.2 Å². The maximum atomic E-state index is 8.49. The average molecular weight is 114 g/mol. The van der Waals surface area contributed by atoms with Gasteiger partial charge in [0.15, 0.2) is 0 Å². The van der Waals surface area contributed by atoms with Gasteiger partial charge in [-0.25, -0.2) is 18.6 Å². The van der Waals surface area contributed by atoms with Crippen LogP contribution in [-0.2, 0) is 0 Å². The minimum atomic E-state index is -4.94. The molecule has 0 aromatic heterocycles. The Morgan fingerprint density at radius 3 is 0.857 bits per heavy atom. The van der Waals surface area contributed by atoms with Crippen molar-refractivity contribution in [2.24, 2.45) is 0 Å². The predicted octanol–water partition coefficient (Wildman–Crippen LogP) is -10.6. The molecular formula is HClLi2O4. The molecule has 0 bridgehead atoms. The first-order valence-corrected chi connectivity index (χ1v) is 1.85. The third kappa shape index (κ3) is 118. The summed E-state index contributed by atoms with van der Waals surface area (Å²) < 4.78 is 34.0. The molecule has 0 N–H and O–H groups in total. The molecule has 4 nitrogen and oxygen atoms in total. The van der Waals surface area contributed by atoms with E-state index < -0.39 is 10.2 Å². The Balaban J connectivity index is -0.0000000267. The van der Waals surface area contributed by atoms with Crippen LogP contribution in [0.4, 0.5) is 0 Å². The standard InChI is InChI=1S/ClHO4.2Li.H/c2-1(3,4)5;;;/h(H,2,3,4,5);;;/q;2*+1;-1/p-1. The number of rotatable bonds is 0. The van der Waals surface area contributed by atoms with Gasteiger partial charge in [-0.2, -0.15) is 0 Å². The number of halogens is 1. The van der Waals surface area contributed by atoms with E-state index in [1.165, 1.54) is 0 Å². The van der Waals surface area contributed by atoms with Crippen LogP contribution in [0.15, 0.2) is 0 Å². The van der Waals surface area contributed by atoms with Gasteiger partial charge >= 0.3 is 37.7 Å². The molecule has 0 aromatic rings. The number of hydrogen-bond donors (Lipinski definition) is 0. The smallest absolute Gasteiger partial charge is 1.00 e. The van der Waals surface area contributed by atoms with Crippen LogP contribution in [0.25, 0.3) is 0 Å². The van der Waals surface area contributed by atoms with E-state index in [1.807, 2.05) is 0 Å². The summed E-state index contributed by atoms with van der Waals surface area (Å²) in [4.78, 5) is 0. The van der Waals surface area contributed by atoms with E-state index in [-0.39, 0.29) is 39.1 Å². The molecule has 0 spiro atoms. The molecule has 7 heavy (non-hydrogen) atoms. The molecule has 0 radical (unpaired) electrons. The Morgan fingerprint density at radius 2 is 0.857 bits per heavy atom. The van der Waals surface area contributed by atoms with Crippen LogP contribution in [0.3, 0.4) is 0 Å². The van der Waals surface area contributed by atoms with Crippen LogP contribution in [-0.4, -0.2) is 0 Å². The fourth-order valence-electron chi connectivity index (χ4n) is 0. The van der Waals surface area contributed by atoms with Crippen LogP contribution >= 0.6 is 0 Å². The molecule has 7 heteroatoms. The van der Waals surface area contributed by atoms with E-state index in [0.717, 1.165) is 0 Å². The molecule has 0 atom stereocenters. The van der Waals surface area contributed by atoms with Gasteiger partial charge in [-0.05, 0) is 0 Å². The maximum absolute atomic E-state index is 8.49. The SMILES string of the molecule is [H-].[Li+].[Li+].[O-][Cl+3]([O-])([O-])[O-]. The van der Waals surface area contributed by atoms with Gasteiger partial charge in [0.05, 0.1) is 0 Å². The molecule has 0 aromatic carbocycles. The largest absolute Gasteiger partial charge is 1.00 e. The molecule has 0 saturated heterocycles. The Morgan fingerprint density at radius 1 is 0.857 bits per heavy atom. The summed E-state index contributed by atoms with van der Waals surface area (Å²) in [6.07, 6.45) is 0. The first-order valence-electron chi connectivity index (χ1n) is 0.617. The first-order chi connectivity index (χ1) is 2.00. The molecule has 0 saturated carbocycles. The molecular weight excluding hydrogens is 113 g/mol. The van der Waals surface area contributed by atoms with Gasteiger partial charge in [0.2, 0.25) is 0 Å². The summed E-state index contributed by atoms with van der Waals surface area (Å²) in [5.74, 6) is 0. The topological polar surface area (TPSA) is 92.2 Å². The van der Waals surface area contributed by atoms with Crippen molar-refractivity contribution in [3.63, 3.8) is 0 Å². The second-order valence-electron chi connectivity index (χ2n) is 0.378. The zero-order chi connectivity index (χ0) is 4.50. The molecule has 0 heterocycles. The van der Waals surface area contributed by atoms with Crippen LogP contribution in [0.5, 0.6) is 0 Å². The van der Waals surface area contributed by atoms with Gasteiger partial charge in [0.25, 0.3) is 0 Å². The van der Waals surface area contributed by atoms with E-state index >= 15 is 0 Å². The van der Waals surface area contributed by atoms with Gasteiger partial charge in [0.1, 0.15) is 0 Å². The van der Waals surface area contributed by atoms with Crippen molar-refractivity contribution in [2.45, 2.75) is 0 Å². The Kier molecular flexibility index (Phi) is 12.3. The first kappa shape index (κ1) is 15.8. The zero-order valence-electron chi connectivity index (χ0n) is 5.01. The second kappa shape index (κ2) is 5.46. The monoisotopic (exact) mass is 114 g/mol. The second-order valence-corrected chi connectivity index (χ2v) is 1.13. The third-order valence-corrected chi connectivity index (χ3v) is 0. The Hall–Kier alpha value is 1.32. The van der Waals surface area contributed by atoms with Crippen LogP contribution < -0.4 is 56.4 Å². The van der Waals surface area contributed by atoms with E-state index in [0.29, 0.717) is 0 Å². The van der Waals surface area contributed by atoms with Crippen LogP contribution in [0, 0.1) is 10.2 Å². The third-order valence-electron chi connectivity index (χ3n) is 0. The molecule has 0 rings (SSSR count). The zero-order valence-corrected chi connectivity index (χ0v) is 4.77. The van der Waals surface area contributed by atoms with Crippen molar-refractivity contribution >= 4 is 0 Å². The fraction of sp³-hybridized carbons (Fsp3) is 0. The van der Waals surface area contributed by atoms with E-state index in [1.54, 1.807) is 0 Å². The summed E-state index contributed by atoms with van der Waals surface area (Å²) in [5.41, 5.74) is 0. The summed E-state index contributed by atoms with van der Waals surface area (Å²) in [6.45, 7) is 0. The van der Waals surface area contributed by atoms with Crippen molar-refractivity contribution in [1.29, 1.82) is 0 Å². The summed E-state index contributed by atoms with van der Waals surface area (Å²) in [5, 5.41) is 0. The van der Waals surface area contributed by atoms with Crippen molar-refractivity contribution < 1.29 is 68.0 Å². The van der Waals surface area contributed by atoms with Crippen LogP contribution in [0.2, 0.25) is 0 Å². The Bertz CT molecular complexity index is 29.5. The van der Waals surface area contributed by atoms with E-state index in [4.69, 9.17) is 18.6 Å². The van der Waals surface area contributed by atoms with E-state index in [2.05, 4.69) is 0 Å². The molecule has 0 aliphatic rings. The summed E-state index contributed by atoms with van der Waals surface area (Å²) in [6, 6.07) is 0. The molecule has 0 unspecified atom stereocenters. The van der Waals surface area contributed by atoms with Crippen LogP contribution in [0.1, 0.15) is 1.43 Å². The summed E-state index contributed by atoms with van der Waals surface area (Å²) in [7, 11) is -4.94. The van der Waals surface area contributed by atoms with E-state index in [9.17, 15) is 0 Å². The van der Waals surface area contributed by atoms with Crippen molar-refractivity contribution in [1.82, 2.24) is 0 Å². The predicted molar refractivity (Wildman–Crippen MR) is 1.11 cm³/mol. The van der Waals surface area contributed by atoms with Crippen molar-refractivity contribution in [3.05, 3.63) is 0 Å². The Labute approximate surface area is 68.1 Å². The van der Waals surface area contributed by atoms with Crippen molar-refractivity contribution in [2.75, 3.05) is 0 Å². The maximum Gasteiger partial charge on any atom is 1.00 e. The molecule has 0 fully saturated rings. The average Bonchev–Trinajstić information content (AvgIpc) is 0.722. The minimum Gasteiger partial charge on any atom is -1.00 e. The minimum absolute atomic E-state index is 0. The quantitative estimate of drug-likeness (QED) is 0.292. The normalized spacial score (nSPS) is 8.57. The van der Waals surface area contributed by atoms with Gasteiger partial charge in [-0.3, -0.25) is 0 Å². The van der Waals surface area contributed by atoms with Gasteiger partial charge < -0.3 is 1.43 Å². The number of hydrogen-bond acceptors (Lipinski definition) is 4. The molecule has 0 aliphatic heterocycles. The fourth-order valence-corrected chi connectivity index (χ4v) is 0. The van der Waals surface area contributed by atoms with Crippen molar-refractivity contribution in [3.8, 4) is 0 Å². The molecule has 34 valence electrons. The van der Waals surface area contributed by atoms with Gasteiger partial charge in [-0.1, -0.05) is 0 Å².